The highest BCUT2D eigenvalue weighted by Gasteiger charge is 2.63. The molecule has 0 bridgehead atoms. The van der Waals surface area contributed by atoms with E-state index in [0.29, 0.717) is 54.5 Å². The molecule has 3 aromatic rings. The van der Waals surface area contributed by atoms with E-state index in [9.17, 15) is 0 Å². The Balaban J connectivity index is 1.07. The first-order chi connectivity index (χ1) is 28.8. The maximum atomic E-state index is 2.99. The lowest BCUT2D eigenvalue weighted by Crippen LogP contribution is -2.66. The fraction of sp³-hybridized carbons (Fsp3) is 0.309. The van der Waals surface area contributed by atoms with Crippen molar-refractivity contribution in [2.24, 2.45) is 17.3 Å². The molecule has 59 heavy (non-hydrogen) atoms. The monoisotopic (exact) mass is 760 g/mol. The summed E-state index contributed by atoms with van der Waals surface area (Å²) in [6, 6.07) is 22.2. The van der Waals surface area contributed by atoms with Gasteiger partial charge in [-0.15, -0.1) is 0 Å². The second kappa shape index (κ2) is 11.3. The second-order valence-electron chi connectivity index (χ2n) is 20.6. The van der Waals surface area contributed by atoms with Gasteiger partial charge in [0.2, 0.25) is 6.71 Å². The molecule has 1 fully saturated rings. The maximum absolute atomic E-state index is 2.99. The van der Waals surface area contributed by atoms with Crippen LogP contribution in [-0.4, -0.2) is 19.5 Å². The fourth-order valence-electron chi connectivity index (χ4n) is 14.9. The molecular formula is C55H50B2N2. The summed E-state index contributed by atoms with van der Waals surface area (Å²) in [5.74, 6) is 2.88. The molecule has 5 heterocycles. The molecule has 5 aliphatic heterocycles. The van der Waals surface area contributed by atoms with Crippen LogP contribution < -0.4 is 20.7 Å². The highest BCUT2D eigenvalue weighted by Crippen LogP contribution is 2.69. The van der Waals surface area contributed by atoms with Crippen LogP contribution in [-0.2, 0) is 5.41 Å². The first kappa shape index (κ1) is 33.6. The van der Waals surface area contributed by atoms with Crippen LogP contribution >= 0.6 is 0 Å². The molecule has 0 N–H and O–H groups in total. The summed E-state index contributed by atoms with van der Waals surface area (Å²) in [5, 5.41) is 0. The van der Waals surface area contributed by atoms with Gasteiger partial charge >= 0.3 is 0 Å². The van der Waals surface area contributed by atoms with Gasteiger partial charge in [0.15, 0.2) is 6.71 Å². The Morgan fingerprint density at radius 1 is 0.678 bits per heavy atom. The molecule has 0 saturated carbocycles. The molecule has 3 aromatic carbocycles. The molecule has 2 nitrogen and oxygen atoms in total. The number of benzene rings is 3. The van der Waals surface area contributed by atoms with Crippen molar-refractivity contribution in [2.45, 2.75) is 87.7 Å². The maximum Gasteiger partial charge on any atom is 0.217 e. The lowest BCUT2D eigenvalue weighted by Gasteiger charge is -2.65. The zero-order chi connectivity index (χ0) is 39.1. The molecule has 6 aliphatic carbocycles. The van der Waals surface area contributed by atoms with Gasteiger partial charge in [0, 0.05) is 40.0 Å². The highest BCUT2D eigenvalue weighted by molar-refractivity contribution is 6.84. The van der Waals surface area contributed by atoms with E-state index in [0.717, 1.165) is 19.3 Å². The van der Waals surface area contributed by atoms with Gasteiger partial charge in [0.1, 0.15) is 0 Å². The van der Waals surface area contributed by atoms with Crippen molar-refractivity contribution in [1.29, 1.82) is 0 Å². The Morgan fingerprint density at radius 3 is 2.25 bits per heavy atom. The Bertz CT molecular complexity index is 2790. The minimum Gasteiger partial charge on any atom is -0.331 e. The van der Waals surface area contributed by atoms with Crippen molar-refractivity contribution in [3.05, 3.63) is 196 Å². The van der Waals surface area contributed by atoms with Crippen LogP contribution in [0.3, 0.4) is 0 Å². The van der Waals surface area contributed by atoms with Crippen molar-refractivity contribution in [3.8, 4) is 0 Å². The first-order valence-corrected chi connectivity index (χ1v) is 22.7. The number of hydrogen-bond acceptors (Lipinski definition) is 2. The SMILES string of the molecule is CC1(C)c2cccc3c2N2C4=C5C(=CCC4B3C3C=CC=CC3)C(C)(C)C3C=C(C4c6ccccc6C6C=CC=CC64)C=C4B(C6C=CC=CC6)c6ccc1c2c6N5C43. The number of para-hydroxylation sites is 1. The van der Waals surface area contributed by atoms with Crippen LogP contribution in [0.4, 0.5) is 17.1 Å². The van der Waals surface area contributed by atoms with Crippen molar-refractivity contribution in [1.82, 2.24) is 0 Å². The topological polar surface area (TPSA) is 6.48 Å². The summed E-state index contributed by atoms with van der Waals surface area (Å²) < 4.78 is 0. The van der Waals surface area contributed by atoms with E-state index in [1.54, 1.807) is 33.5 Å². The third-order valence-electron chi connectivity index (χ3n) is 17.4. The minimum atomic E-state index is -0.126. The van der Waals surface area contributed by atoms with E-state index in [-0.39, 0.29) is 16.9 Å². The van der Waals surface area contributed by atoms with E-state index in [4.69, 9.17) is 0 Å². The molecule has 14 rings (SSSR count). The van der Waals surface area contributed by atoms with E-state index < -0.39 is 0 Å². The van der Waals surface area contributed by atoms with Gasteiger partial charge in [0.05, 0.1) is 23.1 Å². The number of allylic oxidation sites excluding steroid dienone is 17. The third-order valence-corrected chi connectivity index (χ3v) is 17.4. The van der Waals surface area contributed by atoms with Gasteiger partial charge in [-0.3, -0.25) is 0 Å². The highest BCUT2D eigenvalue weighted by atomic mass is 15.3. The number of fused-ring (bicyclic) bond motifs is 3. The van der Waals surface area contributed by atoms with E-state index in [1.807, 2.05) is 0 Å². The molecule has 4 heteroatoms. The smallest absolute Gasteiger partial charge is 0.217 e. The van der Waals surface area contributed by atoms with Gasteiger partial charge < -0.3 is 9.80 Å². The van der Waals surface area contributed by atoms with Crippen LogP contribution in [0.25, 0.3) is 0 Å². The molecule has 8 atom stereocenters. The summed E-state index contributed by atoms with van der Waals surface area (Å²) in [5.41, 5.74) is 21.4. The Labute approximate surface area is 350 Å². The molecule has 0 spiro atoms. The normalized spacial score (nSPS) is 32.8. The first-order valence-electron chi connectivity index (χ1n) is 22.7. The van der Waals surface area contributed by atoms with Crippen LogP contribution in [0.2, 0.25) is 17.5 Å². The van der Waals surface area contributed by atoms with E-state index in [2.05, 4.69) is 183 Å². The van der Waals surface area contributed by atoms with Crippen LogP contribution in [0.1, 0.15) is 81.0 Å². The lowest BCUT2D eigenvalue weighted by molar-refractivity contribution is 0.260. The molecule has 1 saturated heterocycles. The third kappa shape index (κ3) is 3.99. The minimum absolute atomic E-state index is 0.0592. The Morgan fingerprint density at radius 2 is 1.44 bits per heavy atom. The summed E-state index contributed by atoms with van der Waals surface area (Å²) in [7, 11) is 0. The number of piperidine rings is 1. The summed E-state index contributed by atoms with van der Waals surface area (Å²) >= 11 is 0. The molecule has 8 unspecified atom stereocenters. The average Bonchev–Trinajstić information content (AvgIpc) is 3.60. The number of nitrogens with zero attached hydrogens (tertiary/aromatic N) is 2. The average molecular weight is 761 g/mol. The summed E-state index contributed by atoms with van der Waals surface area (Å²) in [6.07, 6.45) is 40.3. The van der Waals surface area contributed by atoms with Crippen molar-refractivity contribution in [3.63, 3.8) is 0 Å². The Kier molecular flexibility index (Phi) is 6.45. The van der Waals surface area contributed by atoms with Gasteiger partial charge in [-0.25, -0.2) is 0 Å². The van der Waals surface area contributed by atoms with Gasteiger partial charge in [-0.1, -0.05) is 184 Å². The van der Waals surface area contributed by atoms with Gasteiger partial charge in [0.25, 0.3) is 0 Å². The molecule has 286 valence electrons. The second-order valence-corrected chi connectivity index (χ2v) is 20.6. The Hall–Kier alpha value is -5.21. The summed E-state index contributed by atoms with van der Waals surface area (Å²) in [6.45, 7) is 11.0. The standard InChI is InChI=1S/C55H50B2N2/c1-54(2)39-24-15-25-43-48(39)58-50-40(54)26-29-45-53(50)59-49-42(55(3,4)41-27-28-44(52(58)51(41)59)56(43)33-16-7-5-8-17-33)30-32(31-46(49)57(45)34-18-9-6-10-19-34)47-37-22-13-11-20-35(37)36-21-12-14-23-38(36)47/h5-16,18,20-27,29-31,33-35,37,42,44,47,49H,17,19,28H2,1-4H3. The van der Waals surface area contributed by atoms with Crippen LogP contribution in [0.5, 0.6) is 0 Å². The predicted octanol–water partition coefficient (Wildman–Crippen LogP) is 11.5. The zero-order valence-corrected chi connectivity index (χ0v) is 34.6. The number of rotatable bonds is 3. The quantitative estimate of drug-likeness (QED) is 0.245. The molecule has 11 aliphatic rings. The molecule has 0 radical (unpaired) electrons. The number of anilines is 3. The molecular weight excluding hydrogens is 710 g/mol. The van der Waals surface area contributed by atoms with Crippen LogP contribution in [0.15, 0.2) is 174 Å². The van der Waals surface area contributed by atoms with Crippen molar-refractivity contribution in [2.75, 3.05) is 9.80 Å². The van der Waals surface area contributed by atoms with Gasteiger partial charge in [-0.2, -0.15) is 0 Å². The largest absolute Gasteiger partial charge is 0.331 e. The molecule has 0 amide bonds. The van der Waals surface area contributed by atoms with Crippen molar-refractivity contribution < 1.29 is 0 Å². The van der Waals surface area contributed by atoms with E-state index >= 15 is 0 Å². The fourth-order valence-corrected chi connectivity index (χ4v) is 14.9. The predicted molar refractivity (Wildman–Crippen MR) is 248 cm³/mol. The number of hydrogen-bond donors (Lipinski definition) is 0. The van der Waals surface area contributed by atoms with E-state index in [1.165, 1.54) is 44.8 Å². The molecule has 0 aromatic heterocycles. The lowest BCUT2D eigenvalue weighted by atomic mass is 9.25. The summed E-state index contributed by atoms with van der Waals surface area (Å²) in [4.78, 5) is 5.87. The zero-order valence-electron chi connectivity index (χ0n) is 34.6. The van der Waals surface area contributed by atoms with Crippen molar-refractivity contribution >= 4 is 41.4 Å². The van der Waals surface area contributed by atoms with Crippen LogP contribution in [0, 0.1) is 17.3 Å². The van der Waals surface area contributed by atoms with Gasteiger partial charge in [-0.05, 0) is 81.5 Å².